The van der Waals surface area contributed by atoms with Crippen LogP contribution in [0.25, 0.3) is 0 Å². The van der Waals surface area contributed by atoms with Gasteiger partial charge in [0.05, 0.1) is 11.5 Å². The molecule has 152 valence electrons. The summed E-state index contributed by atoms with van der Waals surface area (Å²) < 4.78 is 29.5. The summed E-state index contributed by atoms with van der Waals surface area (Å²) in [7, 11) is 0. The third-order valence-electron chi connectivity index (χ3n) is 4.31. The molecule has 1 heterocycles. The van der Waals surface area contributed by atoms with E-state index in [1.165, 1.54) is 23.1 Å². The van der Waals surface area contributed by atoms with Crippen LogP contribution >= 0.6 is 12.4 Å². The van der Waals surface area contributed by atoms with Gasteiger partial charge < -0.3 is 20.7 Å². The smallest absolute Gasteiger partial charge is 0.387 e. The largest absolute Gasteiger partial charge is 0.434 e. The molecule has 0 saturated carbocycles. The molecular weight excluding hydrogens is 380 g/mol. The maximum atomic E-state index is 12.7. The molecule has 2 amide bonds. The molecule has 0 aromatic heterocycles. The van der Waals surface area contributed by atoms with Crippen LogP contribution in [0.5, 0.6) is 5.75 Å². The normalized spacial score (nSPS) is 17.8. The van der Waals surface area contributed by atoms with Gasteiger partial charge in [-0.25, -0.2) is 0 Å². The summed E-state index contributed by atoms with van der Waals surface area (Å²) in [6.45, 7) is 0.0869. The molecule has 9 heteroatoms. The minimum absolute atomic E-state index is 0. The Morgan fingerprint density at radius 2 is 2.07 bits per heavy atom. The van der Waals surface area contributed by atoms with E-state index < -0.39 is 12.5 Å². The fourth-order valence-corrected chi connectivity index (χ4v) is 2.96. The van der Waals surface area contributed by atoms with E-state index in [1.54, 1.807) is 6.07 Å². The first-order valence-corrected chi connectivity index (χ1v) is 8.75. The van der Waals surface area contributed by atoms with Gasteiger partial charge in [-0.3, -0.25) is 9.59 Å². The Morgan fingerprint density at radius 1 is 1.37 bits per heavy atom. The maximum Gasteiger partial charge on any atom is 0.387 e. The number of hydrogen-bond donors (Lipinski definition) is 2. The van der Waals surface area contributed by atoms with E-state index in [0.29, 0.717) is 32.4 Å². The van der Waals surface area contributed by atoms with Gasteiger partial charge in [0, 0.05) is 25.7 Å². The summed E-state index contributed by atoms with van der Waals surface area (Å²) >= 11 is 0. The van der Waals surface area contributed by atoms with Crippen LogP contribution in [0.2, 0.25) is 0 Å². The summed E-state index contributed by atoms with van der Waals surface area (Å²) in [5, 5.41) is 2.84. The zero-order valence-corrected chi connectivity index (χ0v) is 16.0. The lowest BCUT2D eigenvalue weighted by Gasteiger charge is -2.32. The number of carbonyl (C=O) groups excluding carboxylic acids is 2. The van der Waals surface area contributed by atoms with Crippen LogP contribution in [0.15, 0.2) is 24.3 Å². The van der Waals surface area contributed by atoms with Crippen LogP contribution < -0.4 is 15.8 Å². The second kappa shape index (κ2) is 11.0. The Hall–Kier alpha value is -1.93. The molecule has 6 nitrogen and oxygen atoms in total. The van der Waals surface area contributed by atoms with Crippen LogP contribution in [0.3, 0.4) is 0 Å². The molecule has 2 atom stereocenters. The van der Waals surface area contributed by atoms with Crippen LogP contribution in [0.1, 0.15) is 36.5 Å². The molecule has 0 radical (unpaired) electrons. The van der Waals surface area contributed by atoms with E-state index in [9.17, 15) is 18.4 Å². The highest BCUT2D eigenvalue weighted by Gasteiger charge is 2.30. The van der Waals surface area contributed by atoms with Crippen molar-refractivity contribution < 1.29 is 23.1 Å². The number of halogens is 3. The molecule has 1 aromatic rings. The molecular formula is C18H26ClF2N3O3. The van der Waals surface area contributed by atoms with Crippen molar-refractivity contribution in [3.8, 4) is 5.75 Å². The van der Waals surface area contributed by atoms with Crippen LogP contribution in [0, 0.1) is 5.92 Å². The fraction of sp³-hybridized carbons (Fsp3) is 0.556. The van der Waals surface area contributed by atoms with Gasteiger partial charge >= 0.3 is 6.61 Å². The summed E-state index contributed by atoms with van der Waals surface area (Å²) in [6, 6.07) is 5.91. The van der Waals surface area contributed by atoms with Gasteiger partial charge in [0.2, 0.25) is 5.91 Å². The Morgan fingerprint density at radius 3 is 2.74 bits per heavy atom. The van der Waals surface area contributed by atoms with Gasteiger partial charge in [0.15, 0.2) is 0 Å². The standard InChI is InChI=1S/C18H25F2N3O3.ClH/c1-12(21)8-9-22-16(24)13-5-4-10-23(11-13)17(25)14-6-2-3-7-15(14)26-18(19)20;/h2-3,6-7,12-13,18H,4-5,8-11,21H2,1H3,(H,22,24);1H. The number of alkyl halides is 2. The molecule has 2 unspecified atom stereocenters. The minimum atomic E-state index is -3.01. The lowest BCUT2D eigenvalue weighted by molar-refractivity contribution is -0.126. The number of para-hydroxylation sites is 1. The summed E-state index contributed by atoms with van der Waals surface area (Å²) in [4.78, 5) is 26.5. The highest BCUT2D eigenvalue weighted by molar-refractivity contribution is 5.97. The molecule has 3 N–H and O–H groups in total. The summed E-state index contributed by atoms with van der Waals surface area (Å²) in [5.74, 6) is -0.991. The third-order valence-corrected chi connectivity index (χ3v) is 4.31. The van der Waals surface area contributed by atoms with Gasteiger partial charge in [-0.1, -0.05) is 12.1 Å². The Labute approximate surface area is 163 Å². The molecule has 1 fully saturated rings. The number of nitrogens with zero attached hydrogens (tertiary/aromatic N) is 1. The number of amides is 2. The predicted molar refractivity (Wildman–Crippen MR) is 100 cm³/mol. The molecule has 1 aliphatic heterocycles. The molecule has 0 spiro atoms. The van der Waals surface area contributed by atoms with Gasteiger partial charge in [0.25, 0.3) is 5.91 Å². The van der Waals surface area contributed by atoms with Gasteiger partial charge in [-0.05, 0) is 38.3 Å². The average Bonchev–Trinajstić information content (AvgIpc) is 2.61. The Kier molecular flexibility index (Phi) is 9.45. The number of rotatable bonds is 7. The number of benzene rings is 1. The van der Waals surface area contributed by atoms with Crippen LogP contribution in [-0.4, -0.2) is 49.0 Å². The molecule has 1 aliphatic rings. The lowest BCUT2D eigenvalue weighted by Crippen LogP contribution is -2.46. The van der Waals surface area contributed by atoms with E-state index >= 15 is 0 Å². The number of carbonyl (C=O) groups is 2. The zero-order chi connectivity index (χ0) is 19.1. The van der Waals surface area contributed by atoms with E-state index in [2.05, 4.69) is 10.1 Å². The van der Waals surface area contributed by atoms with Crippen LogP contribution in [0.4, 0.5) is 8.78 Å². The predicted octanol–water partition coefficient (Wildman–Crippen LogP) is 2.42. The SMILES string of the molecule is CC(N)CCNC(=O)C1CCCN(C(=O)c2ccccc2OC(F)F)C1.Cl. The maximum absolute atomic E-state index is 12.7. The second-order valence-corrected chi connectivity index (χ2v) is 6.52. The topological polar surface area (TPSA) is 84.7 Å². The monoisotopic (exact) mass is 405 g/mol. The Bertz CT molecular complexity index is 632. The van der Waals surface area contributed by atoms with Crippen LogP contribution in [-0.2, 0) is 4.79 Å². The third kappa shape index (κ3) is 6.95. The van der Waals surface area contributed by atoms with Crippen molar-refractivity contribution in [1.29, 1.82) is 0 Å². The fourth-order valence-electron chi connectivity index (χ4n) is 2.96. The molecule has 0 aliphatic carbocycles. The average molecular weight is 406 g/mol. The first-order chi connectivity index (χ1) is 12.4. The van der Waals surface area contributed by atoms with Crippen molar-refractivity contribution in [3.63, 3.8) is 0 Å². The van der Waals surface area contributed by atoms with E-state index in [1.807, 2.05) is 6.92 Å². The zero-order valence-electron chi connectivity index (χ0n) is 15.2. The Balaban J connectivity index is 0.00000364. The summed E-state index contributed by atoms with van der Waals surface area (Å²) in [5.41, 5.74) is 5.74. The number of likely N-dealkylation sites (tertiary alicyclic amines) is 1. The minimum Gasteiger partial charge on any atom is -0.434 e. The molecule has 2 rings (SSSR count). The lowest BCUT2D eigenvalue weighted by atomic mass is 9.96. The number of nitrogens with two attached hydrogens (primary N) is 1. The number of piperidine rings is 1. The molecule has 1 saturated heterocycles. The highest BCUT2D eigenvalue weighted by atomic mass is 35.5. The van der Waals surface area contributed by atoms with Gasteiger partial charge in [-0.2, -0.15) is 8.78 Å². The van der Waals surface area contributed by atoms with Crippen molar-refractivity contribution in [2.24, 2.45) is 11.7 Å². The van der Waals surface area contributed by atoms with E-state index in [4.69, 9.17) is 5.73 Å². The summed E-state index contributed by atoms with van der Waals surface area (Å²) in [6.07, 6.45) is 2.04. The van der Waals surface area contributed by atoms with Gasteiger partial charge in [0.1, 0.15) is 5.75 Å². The van der Waals surface area contributed by atoms with E-state index in [0.717, 1.165) is 0 Å². The number of ether oxygens (including phenoxy) is 1. The van der Waals surface area contributed by atoms with Crippen molar-refractivity contribution >= 4 is 24.2 Å². The number of nitrogens with one attached hydrogen (secondary N) is 1. The highest BCUT2D eigenvalue weighted by Crippen LogP contribution is 2.25. The molecule has 27 heavy (non-hydrogen) atoms. The second-order valence-electron chi connectivity index (χ2n) is 6.52. The van der Waals surface area contributed by atoms with Gasteiger partial charge in [-0.15, -0.1) is 12.4 Å². The van der Waals surface area contributed by atoms with Crippen molar-refractivity contribution in [2.75, 3.05) is 19.6 Å². The first kappa shape index (κ1) is 23.1. The first-order valence-electron chi connectivity index (χ1n) is 8.75. The van der Waals surface area contributed by atoms with Crippen molar-refractivity contribution in [2.45, 2.75) is 38.8 Å². The number of hydrogen-bond acceptors (Lipinski definition) is 4. The quantitative estimate of drug-likeness (QED) is 0.729. The molecule has 0 bridgehead atoms. The van der Waals surface area contributed by atoms with E-state index in [-0.39, 0.29) is 48.1 Å². The molecule has 1 aromatic carbocycles. The van der Waals surface area contributed by atoms with Crippen molar-refractivity contribution in [3.05, 3.63) is 29.8 Å². The van der Waals surface area contributed by atoms with Crippen molar-refractivity contribution in [1.82, 2.24) is 10.2 Å².